The van der Waals surface area contributed by atoms with Gasteiger partial charge in [-0.25, -0.2) is 4.21 Å². The van der Waals surface area contributed by atoms with E-state index in [-0.39, 0.29) is 5.88 Å². The van der Waals surface area contributed by atoms with Crippen molar-refractivity contribution in [3.63, 3.8) is 0 Å². The Morgan fingerprint density at radius 3 is 2.43 bits per heavy atom. The molecule has 1 saturated heterocycles. The molecule has 146 valence electrons. The molecule has 6 nitrogen and oxygen atoms in total. The van der Waals surface area contributed by atoms with Gasteiger partial charge in [0.2, 0.25) is 0 Å². The van der Waals surface area contributed by atoms with E-state index in [0.29, 0.717) is 10.9 Å². The average Bonchev–Trinajstić information content (AvgIpc) is 3.14. The second-order valence-electron chi connectivity index (χ2n) is 6.95. The van der Waals surface area contributed by atoms with Crippen LogP contribution in [0.4, 0.5) is 0 Å². The Balaban J connectivity index is 1.68. The molecule has 0 radical (unpaired) electrons. The molecule has 0 bridgehead atoms. The Kier molecular flexibility index (Phi) is 5.87. The number of aromatic amines is 1. The maximum absolute atomic E-state index is 11.1. The fourth-order valence-electron chi connectivity index (χ4n) is 3.79. The van der Waals surface area contributed by atoms with Crippen LogP contribution in [-0.2, 0) is 11.1 Å². The molecule has 0 spiro atoms. The minimum atomic E-state index is -1.79. The van der Waals surface area contributed by atoms with E-state index in [1.165, 1.54) is 0 Å². The number of hydrogen-bond acceptors (Lipinski definition) is 4. The lowest BCUT2D eigenvalue weighted by Crippen LogP contribution is -2.35. The first-order chi connectivity index (χ1) is 13.6. The second kappa shape index (κ2) is 8.53. The number of rotatable bonds is 5. The van der Waals surface area contributed by atoms with Crippen molar-refractivity contribution in [3.05, 3.63) is 59.5 Å². The van der Waals surface area contributed by atoms with E-state index in [4.69, 9.17) is 16.2 Å². The van der Waals surface area contributed by atoms with Crippen LogP contribution in [0.15, 0.2) is 48.8 Å². The number of aromatic nitrogens is 3. The monoisotopic (exact) mass is 416 g/mol. The molecule has 8 heteroatoms. The quantitative estimate of drug-likeness (QED) is 0.610. The molecule has 1 atom stereocenters. The second-order valence-corrected chi connectivity index (χ2v) is 8.28. The summed E-state index contributed by atoms with van der Waals surface area (Å²) in [5.41, 5.74) is 5.18. The first-order valence-electron chi connectivity index (χ1n) is 9.16. The summed E-state index contributed by atoms with van der Waals surface area (Å²) < 4.78 is 20.2. The van der Waals surface area contributed by atoms with Crippen LogP contribution in [0.25, 0.3) is 22.4 Å². The molecule has 0 saturated carbocycles. The van der Waals surface area contributed by atoms with Crippen molar-refractivity contribution < 1.29 is 8.76 Å². The molecule has 28 heavy (non-hydrogen) atoms. The van der Waals surface area contributed by atoms with Gasteiger partial charge in [-0.05, 0) is 55.8 Å². The van der Waals surface area contributed by atoms with Crippen LogP contribution >= 0.6 is 11.6 Å². The fraction of sp³-hybridized carbons (Fsp3) is 0.300. The van der Waals surface area contributed by atoms with Crippen molar-refractivity contribution in [2.24, 2.45) is 0 Å². The van der Waals surface area contributed by atoms with Gasteiger partial charge in [-0.15, -0.1) is 0 Å². The van der Waals surface area contributed by atoms with Crippen molar-refractivity contribution in [1.29, 1.82) is 0 Å². The summed E-state index contributed by atoms with van der Waals surface area (Å²) in [5, 5.41) is 8.62. The molecule has 1 fully saturated rings. The molecule has 0 amide bonds. The molecule has 1 aromatic carbocycles. The molecule has 2 aromatic heterocycles. The van der Waals surface area contributed by atoms with E-state index in [0.717, 1.165) is 54.0 Å². The summed E-state index contributed by atoms with van der Waals surface area (Å²) in [4.78, 5) is 6.18. The summed E-state index contributed by atoms with van der Waals surface area (Å²) in [6.07, 6.45) is 5.41. The van der Waals surface area contributed by atoms with Crippen LogP contribution in [0, 0.1) is 0 Å². The Hall–Kier alpha value is -2.06. The summed E-state index contributed by atoms with van der Waals surface area (Å²) in [6, 6.07) is 11.7. The van der Waals surface area contributed by atoms with Crippen LogP contribution in [0.2, 0.25) is 5.02 Å². The van der Waals surface area contributed by atoms with Crippen molar-refractivity contribution in [2.75, 3.05) is 19.0 Å². The molecule has 2 N–H and O–H groups in total. The zero-order valence-corrected chi connectivity index (χ0v) is 16.8. The molecular formula is C20H21ClN4O2S. The lowest BCUT2D eigenvalue weighted by Gasteiger charge is -2.30. The van der Waals surface area contributed by atoms with E-state index in [1.807, 2.05) is 41.3 Å². The number of pyridine rings is 1. The molecule has 0 aliphatic carbocycles. The van der Waals surface area contributed by atoms with Crippen molar-refractivity contribution >= 4 is 22.7 Å². The number of likely N-dealkylation sites (tertiary alicyclic amines) is 1. The van der Waals surface area contributed by atoms with E-state index in [2.05, 4.69) is 15.2 Å². The first-order valence-corrected chi connectivity index (χ1v) is 10.8. The lowest BCUT2D eigenvalue weighted by atomic mass is 9.88. The van der Waals surface area contributed by atoms with Gasteiger partial charge in [0.1, 0.15) is 11.6 Å². The highest BCUT2D eigenvalue weighted by atomic mass is 35.5. The lowest BCUT2D eigenvalue weighted by molar-refractivity contribution is 0.238. The van der Waals surface area contributed by atoms with Crippen LogP contribution in [-0.4, -0.2) is 47.8 Å². The molecule has 1 unspecified atom stereocenters. The standard InChI is InChI=1S/C20H21ClN4O2S/c21-17-3-1-15(2-4-17)19-18(14-5-9-22-10-6-14)20(24-23-19)16-7-11-25(12-8-16)13-28(26)27/h1-6,9-10,16H,7-8,11-13H2,(H,23,24)(H,26,27). The Morgan fingerprint density at radius 1 is 1.11 bits per heavy atom. The van der Waals surface area contributed by atoms with Gasteiger partial charge in [0, 0.05) is 40.2 Å². The maximum Gasteiger partial charge on any atom is 0.167 e. The number of piperidine rings is 1. The summed E-state index contributed by atoms with van der Waals surface area (Å²) in [7, 11) is 0. The predicted molar refractivity (Wildman–Crippen MR) is 111 cm³/mol. The third-order valence-electron chi connectivity index (χ3n) is 5.17. The molecule has 1 aliphatic rings. The highest BCUT2D eigenvalue weighted by molar-refractivity contribution is 7.79. The third kappa shape index (κ3) is 4.17. The van der Waals surface area contributed by atoms with Crippen LogP contribution in [0.5, 0.6) is 0 Å². The summed E-state index contributed by atoms with van der Waals surface area (Å²) in [5.74, 6) is 0.531. The number of halogens is 1. The largest absolute Gasteiger partial charge is 0.305 e. The normalized spacial score (nSPS) is 16.9. The van der Waals surface area contributed by atoms with E-state index >= 15 is 0 Å². The van der Waals surface area contributed by atoms with Gasteiger partial charge in [0.15, 0.2) is 11.1 Å². The number of benzene rings is 1. The van der Waals surface area contributed by atoms with Gasteiger partial charge < -0.3 is 4.55 Å². The van der Waals surface area contributed by atoms with E-state index in [1.54, 1.807) is 12.4 Å². The van der Waals surface area contributed by atoms with Crippen molar-refractivity contribution in [3.8, 4) is 22.4 Å². The smallest absolute Gasteiger partial charge is 0.167 e. The minimum absolute atomic E-state index is 0.211. The first kappa shape index (κ1) is 19.3. The van der Waals surface area contributed by atoms with Gasteiger partial charge in [0.05, 0.1) is 0 Å². The van der Waals surface area contributed by atoms with Crippen molar-refractivity contribution in [1.82, 2.24) is 20.1 Å². The molecule has 3 heterocycles. The third-order valence-corrected chi connectivity index (χ3v) is 6.01. The van der Waals surface area contributed by atoms with Gasteiger partial charge >= 0.3 is 0 Å². The predicted octanol–water partition coefficient (Wildman–Crippen LogP) is 4.15. The molecule has 1 aliphatic heterocycles. The highest BCUT2D eigenvalue weighted by Crippen LogP contribution is 2.39. The highest BCUT2D eigenvalue weighted by Gasteiger charge is 2.27. The number of hydrogen-bond donors (Lipinski definition) is 2. The van der Waals surface area contributed by atoms with Crippen LogP contribution < -0.4 is 0 Å². The van der Waals surface area contributed by atoms with Crippen LogP contribution in [0.3, 0.4) is 0 Å². The number of nitrogens with zero attached hydrogens (tertiary/aromatic N) is 3. The van der Waals surface area contributed by atoms with Gasteiger partial charge in [0.25, 0.3) is 0 Å². The van der Waals surface area contributed by atoms with Crippen molar-refractivity contribution in [2.45, 2.75) is 18.8 Å². The number of nitrogens with one attached hydrogen (secondary N) is 1. The van der Waals surface area contributed by atoms with Gasteiger partial charge in [-0.3, -0.25) is 15.0 Å². The van der Waals surface area contributed by atoms with Gasteiger partial charge in [-0.2, -0.15) is 5.10 Å². The fourth-order valence-corrected chi connectivity index (χ4v) is 4.48. The maximum atomic E-state index is 11.1. The Bertz CT molecular complexity index is 954. The topological polar surface area (TPSA) is 82.1 Å². The van der Waals surface area contributed by atoms with E-state index in [9.17, 15) is 4.21 Å². The SMILES string of the molecule is O=S(O)CN1CCC(c2[nH]nc(-c3ccc(Cl)cc3)c2-c2ccncc2)CC1. The minimum Gasteiger partial charge on any atom is -0.305 e. The van der Waals surface area contributed by atoms with Gasteiger partial charge in [-0.1, -0.05) is 23.7 Å². The summed E-state index contributed by atoms with van der Waals surface area (Å²) >= 11 is 4.26. The zero-order valence-electron chi connectivity index (χ0n) is 15.2. The molecular weight excluding hydrogens is 396 g/mol. The average molecular weight is 417 g/mol. The summed E-state index contributed by atoms with van der Waals surface area (Å²) in [6.45, 7) is 1.59. The number of H-pyrrole nitrogens is 1. The zero-order chi connectivity index (χ0) is 19.5. The van der Waals surface area contributed by atoms with E-state index < -0.39 is 11.1 Å². The Morgan fingerprint density at radius 2 is 1.79 bits per heavy atom. The molecule has 4 rings (SSSR count). The van der Waals surface area contributed by atoms with Crippen LogP contribution in [0.1, 0.15) is 24.5 Å². The Labute approximate surface area is 171 Å². The molecule has 3 aromatic rings.